The molecule has 0 aromatic rings. The van der Waals surface area contributed by atoms with Gasteiger partial charge in [0, 0.05) is 0 Å². The van der Waals surface area contributed by atoms with Gasteiger partial charge in [0.25, 0.3) is 0 Å². The van der Waals surface area contributed by atoms with E-state index in [-0.39, 0.29) is 59.1 Å². The molecule has 1 unspecified atom stereocenters. The Hall–Kier alpha value is 1.91. The zero-order valence-corrected chi connectivity index (χ0v) is 14.8. The van der Waals surface area contributed by atoms with Crippen molar-refractivity contribution >= 4 is 7.82 Å². The number of aliphatic hydroxyl groups is 4. The molecule has 0 saturated carbocycles. The number of hydrogen-bond acceptors (Lipinski definition) is 9. The summed E-state index contributed by atoms with van der Waals surface area (Å²) in [6, 6.07) is 0. The first-order valence-electron chi connectivity index (χ1n) is 4.23. The smallest absolute Gasteiger partial charge is 0.790 e. The number of hydrogen-bond donors (Lipinski definition) is 4. The van der Waals surface area contributed by atoms with E-state index < -0.39 is 45.1 Å². The summed E-state index contributed by atoms with van der Waals surface area (Å²) in [7, 11) is -5.33. The number of rotatable bonds is 3. The summed E-state index contributed by atoms with van der Waals surface area (Å²) in [5.41, 5.74) is 0. The molecule has 12 heteroatoms. The van der Waals surface area contributed by atoms with Crippen LogP contribution in [0.3, 0.4) is 0 Å². The molecular formula is C6H11Na2O9P. The number of phosphoric ester groups is 1. The first-order chi connectivity index (χ1) is 7.16. The fourth-order valence-corrected chi connectivity index (χ4v) is 1.53. The minimum Gasteiger partial charge on any atom is -0.790 e. The van der Waals surface area contributed by atoms with Crippen molar-refractivity contribution in [2.24, 2.45) is 0 Å². The third-order valence-corrected chi connectivity index (χ3v) is 2.56. The van der Waals surface area contributed by atoms with Crippen molar-refractivity contribution in [3.63, 3.8) is 0 Å². The van der Waals surface area contributed by atoms with Crippen molar-refractivity contribution in [2.45, 2.75) is 24.1 Å². The average molecular weight is 304 g/mol. The van der Waals surface area contributed by atoms with Crippen LogP contribution < -0.4 is 68.9 Å². The van der Waals surface area contributed by atoms with Gasteiger partial charge in [0.1, 0.15) is 24.9 Å². The Bertz CT molecular complexity index is 299. The normalized spacial score (nSPS) is 36.4. The molecule has 1 heterocycles. The van der Waals surface area contributed by atoms with Crippen LogP contribution in [-0.2, 0) is 13.8 Å². The van der Waals surface area contributed by atoms with Gasteiger partial charge in [0.15, 0.2) is 0 Å². The van der Waals surface area contributed by atoms with Crippen LogP contribution in [0.4, 0.5) is 0 Å². The molecule has 4 atom stereocenters. The maximum Gasteiger partial charge on any atom is 1.00 e. The van der Waals surface area contributed by atoms with Crippen molar-refractivity contribution in [1.29, 1.82) is 0 Å². The Morgan fingerprint density at radius 3 is 2.28 bits per heavy atom. The van der Waals surface area contributed by atoms with Crippen molar-refractivity contribution in [2.75, 3.05) is 13.2 Å². The van der Waals surface area contributed by atoms with Gasteiger partial charge in [0.2, 0.25) is 5.79 Å². The summed E-state index contributed by atoms with van der Waals surface area (Å²) >= 11 is 0. The Balaban J connectivity index is 0. The molecular weight excluding hydrogens is 293 g/mol. The first-order valence-corrected chi connectivity index (χ1v) is 5.69. The standard InChI is InChI=1S/C6H13O9P.2Na/c7-3-1-14-6(10,5(9)4(3)8)2-15-16(11,12)13;;/h3-5,7-10H,1-2H2,(H2,11,12,13);;/q;2*+1/p-2/t3-,4+,5+,6?;;/m0../s1. The largest absolute Gasteiger partial charge is 1.00 e. The van der Waals surface area contributed by atoms with Gasteiger partial charge in [-0.3, -0.25) is 0 Å². The van der Waals surface area contributed by atoms with Crippen LogP contribution >= 0.6 is 7.82 Å². The monoisotopic (exact) mass is 304 g/mol. The third-order valence-electron chi connectivity index (χ3n) is 2.11. The summed E-state index contributed by atoms with van der Waals surface area (Å²) in [4.78, 5) is 20.3. The number of ether oxygens (including phenoxy) is 1. The van der Waals surface area contributed by atoms with E-state index in [1.807, 2.05) is 0 Å². The van der Waals surface area contributed by atoms with Crippen LogP contribution in [0.25, 0.3) is 0 Å². The second kappa shape index (κ2) is 8.38. The van der Waals surface area contributed by atoms with Gasteiger partial charge in [0.05, 0.1) is 14.4 Å². The molecule has 0 aromatic carbocycles. The molecule has 1 aliphatic rings. The van der Waals surface area contributed by atoms with Crippen molar-refractivity contribution in [3.8, 4) is 0 Å². The van der Waals surface area contributed by atoms with Crippen molar-refractivity contribution in [1.82, 2.24) is 0 Å². The van der Waals surface area contributed by atoms with Gasteiger partial charge >= 0.3 is 59.1 Å². The van der Waals surface area contributed by atoms with Crippen LogP contribution in [0.5, 0.6) is 0 Å². The van der Waals surface area contributed by atoms with Crippen molar-refractivity contribution in [3.05, 3.63) is 0 Å². The Kier molecular flexibility index (Phi) is 10.3. The molecule has 1 aliphatic heterocycles. The van der Waals surface area contributed by atoms with E-state index in [9.17, 15) is 29.7 Å². The fourth-order valence-electron chi connectivity index (χ4n) is 1.19. The number of phosphoric acid groups is 1. The second-order valence-corrected chi connectivity index (χ2v) is 4.53. The van der Waals surface area contributed by atoms with E-state index in [1.165, 1.54) is 0 Å². The van der Waals surface area contributed by atoms with Crippen LogP contribution in [0.2, 0.25) is 0 Å². The van der Waals surface area contributed by atoms with E-state index in [0.29, 0.717) is 0 Å². The molecule has 0 radical (unpaired) electrons. The van der Waals surface area contributed by atoms with E-state index in [0.717, 1.165) is 0 Å². The molecule has 1 saturated heterocycles. The minimum absolute atomic E-state index is 0. The predicted molar refractivity (Wildman–Crippen MR) is 42.5 cm³/mol. The molecule has 1 rings (SSSR count). The molecule has 4 N–H and O–H groups in total. The van der Waals surface area contributed by atoms with Gasteiger partial charge in [-0.25, -0.2) is 0 Å². The van der Waals surface area contributed by atoms with E-state index in [1.54, 1.807) is 0 Å². The van der Waals surface area contributed by atoms with E-state index in [2.05, 4.69) is 9.26 Å². The minimum atomic E-state index is -5.33. The van der Waals surface area contributed by atoms with Gasteiger partial charge in [-0.05, 0) is 0 Å². The summed E-state index contributed by atoms with van der Waals surface area (Å²) in [6.45, 7) is -1.71. The molecule has 9 nitrogen and oxygen atoms in total. The van der Waals surface area contributed by atoms with E-state index >= 15 is 0 Å². The zero-order chi connectivity index (χ0) is 12.6. The Labute approximate surface area is 147 Å². The van der Waals surface area contributed by atoms with Gasteiger partial charge in [-0.15, -0.1) is 0 Å². The third kappa shape index (κ3) is 6.13. The summed E-state index contributed by atoms with van der Waals surface area (Å²) in [5.74, 6) is -2.55. The zero-order valence-electron chi connectivity index (χ0n) is 9.92. The first kappa shape index (κ1) is 22.2. The molecule has 0 aliphatic carbocycles. The van der Waals surface area contributed by atoms with E-state index in [4.69, 9.17) is 5.11 Å². The van der Waals surface area contributed by atoms with Gasteiger partial charge in [-0.2, -0.15) is 0 Å². The quantitative estimate of drug-likeness (QED) is 0.293. The molecule has 0 spiro atoms. The van der Waals surface area contributed by atoms with Gasteiger partial charge in [-0.1, -0.05) is 0 Å². The molecule has 96 valence electrons. The van der Waals surface area contributed by atoms with Gasteiger partial charge < -0.3 is 44.0 Å². The van der Waals surface area contributed by atoms with Crippen LogP contribution in [-0.4, -0.2) is 57.7 Å². The molecule has 18 heavy (non-hydrogen) atoms. The second-order valence-electron chi connectivity index (χ2n) is 3.38. The Morgan fingerprint density at radius 2 is 1.83 bits per heavy atom. The topological polar surface area (TPSA) is 163 Å². The molecule has 0 aromatic heterocycles. The Morgan fingerprint density at radius 1 is 1.33 bits per heavy atom. The predicted octanol–water partition coefficient (Wildman–Crippen LogP) is -10.4. The molecule has 1 fully saturated rings. The van der Waals surface area contributed by atoms with Crippen molar-refractivity contribution < 1.29 is 103 Å². The van der Waals surface area contributed by atoms with Crippen LogP contribution in [0.15, 0.2) is 0 Å². The van der Waals surface area contributed by atoms with Crippen LogP contribution in [0, 0.1) is 0 Å². The SMILES string of the molecule is O=P([O-])([O-])OCC1(O)OC[C@H](O)[C@@H](O)[C@H]1O.[Na+].[Na+]. The average Bonchev–Trinajstić information content (AvgIpc) is 2.18. The summed E-state index contributed by atoms with van der Waals surface area (Å²) < 4.78 is 18.4. The molecule has 0 bridgehead atoms. The molecule has 0 amide bonds. The fraction of sp³-hybridized carbons (Fsp3) is 1.00. The maximum atomic E-state index is 10.2. The maximum absolute atomic E-state index is 10.2. The summed E-state index contributed by atoms with van der Waals surface area (Å²) in [6.07, 6.45) is -5.16. The summed E-state index contributed by atoms with van der Waals surface area (Å²) in [5, 5.41) is 37.1. The number of aliphatic hydroxyl groups excluding tert-OH is 3. The van der Waals surface area contributed by atoms with Crippen LogP contribution in [0.1, 0.15) is 0 Å².